The quantitative estimate of drug-likeness (QED) is 0.679. The highest BCUT2D eigenvalue weighted by Gasteiger charge is 2.11. The van der Waals surface area contributed by atoms with E-state index >= 15 is 0 Å². The zero-order chi connectivity index (χ0) is 16.4. The van der Waals surface area contributed by atoms with E-state index in [1.807, 2.05) is 51.1 Å². The highest BCUT2D eigenvalue weighted by Crippen LogP contribution is 2.27. The topological polar surface area (TPSA) is 62.5 Å². The molecule has 2 aromatic heterocycles. The van der Waals surface area contributed by atoms with Crippen molar-refractivity contribution in [2.45, 2.75) is 31.6 Å². The molecule has 0 aliphatic heterocycles. The van der Waals surface area contributed by atoms with Crippen LogP contribution in [-0.2, 0) is 5.75 Å². The van der Waals surface area contributed by atoms with Crippen molar-refractivity contribution in [3.63, 3.8) is 0 Å². The van der Waals surface area contributed by atoms with E-state index in [-0.39, 0.29) is 0 Å². The molecule has 23 heavy (non-hydrogen) atoms. The van der Waals surface area contributed by atoms with E-state index in [0.29, 0.717) is 11.3 Å². The molecule has 0 saturated carbocycles. The van der Waals surface area contributed by atoms with Crippen LogP contribution in [0.4, 0.5) is 0 Å². The van der Waals surface area contributed by atoms with E-state index in [2.05, 4.69) is 16.0 Å². The van der Waals surface area contributed by atoms with Gasteiger partial charge in [-0.05, 0) is 44.5 Å². The molecule has 2 heterocycles. The van der Waals surface area contributed by atoms with E-state index in [1.165, 1.54) is 11.8 Å². The van der Waals surface area contributed by atoms with Gasteiger partial charge in [0.2, 0.25) is 0 Å². The molecule has 0 spiro atoms. The standard InChI is InChI=1S/C18H16N4S/c1-11-8-12(2)20-18(14(11)9-19)23-10-17-13(3)21-15-6-4-5-7-16(15)22-17/h4-8H,10H2,1-3H3. The second-order valence-corrected chi connectivity index (χ2v) is 6.37. The lowest BCUT2D eigenvalue weighted by Gasteiger charge is -2.09. The fourth-order valence-electron chi connectivity index (χ4n) is 2.44. The van der Waals surface area contributed by atoms with E-state index < -0.39 is 0 Å². The minimum atomic E-state index is 0.645. The van der Waals surface area contributed by atoms with E-state index in [4.69, 9.17) is 4.98 Å². The van der Waals surface area contributed by atoms with Crippen LogP contribution < -0.4 is 0 Å². The predicted octanol–water partition coefficient (Wildman–Crippen LogP) is 4.11. The summed E-state index contributed by atoms with van der Waals surface area (Å²) in [5.74, 6) is 0.647. The molecule has 0 saturated heterocycles. The lowest BCUT2D eigenvalue weighted by atomic mass is 10.1. The largest absolute Gasteiger partial charge is 0.250 e. The Morgan fingerprint density at radius 1 is 1.04 bits per heavy atom. The maximum atomic E-state index is 9.35. The minimum absolute atomic E-state index is 0.645. The minimum Gasteiger partial charge on any atom is -0.250 e. The smallest absolute Gasteiger partial charge is 0.115 e. The van der Waals surface area contributed by atoms with Crippen LogP contribution in [0.5, 0.6) is 0 Å². The van der Waals surface area contributed by atoms with Crippen LogP contribution in [-0.4, -0.2) is 15.0 Å². The van der Waals surface area contributed by atoms with Gasteiger partial charge in [-0.2, -0.15) is 5.26 Å². The normalized spacial score (nSPS) is 10.7. The first-order chi connectivity index (χ1) is 11.1. The molecule has 0 fully saturated rings. The van der Waals surface area contributed by atoms with Gasteiger partial charge >= 0.3 is 0 Å². The Balaban J connectivity index is 1.92. The molecule has 3 rings (SSSR count). The fraction of sp³-hybridized carbons (Fsp3) is 0.222. The van der Waals surface area contributed by atoms with Gasteiger partial charge in [0.05, 0.1) is 28.0 Å². The van der Waals surface area contributed by atoms with Gasteiger partial charge in [-0.3, -0.25) is 0 Å². The maximum absolute atomic E-state index is 9.35. The number of hydrogen-bond donors (Lipinski definition) is 0. The zero-order valence-electron chi connectivity index (χ0n) is 13.3. The average molecular weight is 320 g/mol. The highest BCUT2D eigenvalue weighted by atomic mass is 32.2. The number of rotatable bonds is 3. The van der Waals surface area contributed by atoms with Crippen LogP contribution in [0.2, 0.25) is 0 Å². The Hall–Kier alpha value is -2.45. The molecule has 3 aromatic rings. The Kier molecular flexibility index (Phi) is 4.26. The van der Waals surface area contributed by atoms with Gasteiger partial charge in [0, 0.05) is 11.4 Å². The van der Waals surface area contributed by atoms with Crippen molar-refractivity contribution in [1.29, 1.82) is 5.26 Å². The number of thioether (sulfide) groups is 1. The van der Waals surface area contributed by atoms with Crippen LogP contribution in [0.25, 0.3) is 11.0 Å². The first-order valence-electron chi connectivity index (χ1n) is 7.32. The second-order valence-electron chi connectivity index (χ2n) is 5.41. The molecular weight excluding hydrogens is 304 g/mol. The lowest BCUT2D eigenvalue weighted by Crippen LogP contribution is -1.99. The fourth-order valence-corrected chi connectivity index (χ4v) is 3.55. The van der Waals surface area contributed by atoms with Crippen LogP contribution in [0.15, 0.2) is 35.4 Å². The Morgan fingerprint density at radius 3 is 2.43 bits per heavy atom. The van der Waals surface area contributed by atoms with Gasteiger partial charge in [0.1, 0.15) is 11.1 Å². The monoisotopic (exact) mass is 320 g/mol. The maximum Gasteiger partial charge on any atom is 0.115 e. The number of aryl methyl sites for hydroxylation is 3. The van der Waals surface area contributed by atoms with Crippen molar-refractivity contribution < 1.29 is 0 Å². The van der Waals surface area contributed by atoms with Crippen LogP contribution >= 0.6 is 11.8 Å². The third kappa shape index (κ3) is 3.17. The summed E-state index contributed by atoms with van der Waals surface area (Å²) in [7, 11) is 0. The molecule has 0 bridgehead atoms. The molecule has 0 radical (unpaired) electrons. The number of aromatic nitrogens is 3. The summed E-state index contributed by atoms with van der Waals surface area (Å²) in [6.45, 7) is 5.85. The average Bonchev–Trinajstić information content (AvgIpc) is 2.52. The van der Waals surface area contributed by atoms with Crippen molar-refractivity contribution in [2.75, 3.05) is 0 Å². The Morgan fingerprint density at radius 2 is 1.74 bits per heavy atom. The van der Waals surface area contributed by atoms with Crippen molar-refractivity contribution in [3.05, 3.63) is 58.5 Å². The van der Waals surface area contributed by atoms with Crippen LogP contribution in [0.3, 0.4) is 0 Å². The first kappa shape index (κ1) is 15.4. The van der Waals surface area contributed by atoms with Gasteiger partial charge in [0.15, 0.2) is 0 Å². The zero-order valence-corrected chi connectivity index (χ0v) is 14.1. The summed E-state index contributed by atoms with van der Waals surface area (Å²) < 4.78 is 0. The van der Waals surface area contributed by atoms with E-state index in [1.54, 1.807) is 0 Å². The van der Waals surface area contributed by atoms with Gasteiger partial charge in [-0.1, -0.05) is 23.9 Å². The van der Waals surface area contributed by atoms with E-state index in [0.717, 1.165) is 38.7 Å². The molecule has 4 nitrogen and oxygen atoms in total. The molecule has 0 unspecified atom stereocenters. The van der Waals surface area contributed by atoms with Gasteiger partial charge < -0.3 is 0 Å². The number of nitrogens with zero attached hydrogens (tertiary/aromatic N) is 4. The number of fused-ring (bicyclic) bond motifs is 1. The molecule has 1 aromatic carbocycles. The first-order valence-corrected chi connectivity index (χ1v) is 8.30. The van der Waals surface area contributed by atoms with Crippen molar-refractivity contribution in [1.82, 2.24) is 15.0 Å². The number of pyridine rings is 1. The number of benzene rings is 1. The summed E-state index contributed by atoms with van der Waals surface area (Å²) in [6, 6.07) is 12.0. The highest BCUT2D eigenvalue weighted by molar-refractivity contribution is 7.98. The molecule has 0 aliphatic carbocycles. The number of hydrogen-bond acceptors (Lipinski definition) is 5. The predicted molar refractivity (Wildman–Crippen MR) is 92.3 cm³/mol. The SMILES string of the molecule is Cc1cc(C)c(C#N)c(SCc2nc3ccccc3nc2C)n1. The summed E-state index contributed by atoms with van der Waals surface area (Å²) in [5.41, 5.74) is 6.17. The van der Waals surface area contributed by atoms with E-state index in [9.17, 15) is 5.26 Å². The van der Waals surface area contributed by atoms with Gasteiger partial charge in [0.25, 0.3) is 0 Å². The van der Waals surface area contributed by atoms with Crippen molar-refractivity contribution in [3.8, 4) is 6.07 Å². The summed E-state index contributed by atoms with van der Waals surface area (Å²) >= 11 is 1.54. The summed E-state index contributed by atoms with van der Waals surface area (Å²) in [4.78, 5) is 13.8. The summed E-state index contributed by atoms with van der Waals surface area (Å²) in [6.07, 6.45) is 0. The molecule has 0 N–H and O–H groups in total. The van der Waals surface area contributed by atoms with Gasteiger partial charge in [-0.15, -0.1) is 0 Å². The Labute approximate surface area is 139 Å². The Bertz CT molecular complexity index is 928. The molecule has 114 valence electrons. The third-order valence-corrected chi connectivity index (χ3v) is 4.60. The molecular formula is C18H16N4S. The van der Waals surface area contributed by atoms with Crippen molar-refractivity contribution >= 4 is 22.8 Å². The molecule has 0 aliphatic rings. The third-order valence-electron chi connectivity index (χ3n) is 3.61. The number of para-hydroxylation sites is 2. The van der Waals surface area contributed by atoms with Crippen LogP contribution in [0.1, 0.15) is 28.2 Å². The molecule has 5 heteroatoms. The summed E-state index contributed by atoms with van der Waals surface area (Å²) in [5, 5.41) is 10.1. The second kappa shape index (κ2) is 6.35. The van der Waals surface area contributed by atoms with Crippen LogP contribution in [0, 0.1) is 32.1 Å². The molecule has 0 amide bonds. The molecule has 0 atom stereocenters. The van der Waals surface area contributed by atoms with Crippen molar-refractivity contribution in [2.24, 2.45) is 0 Å². The number of nitriles is 1. The lowest BCUT2D eigenvalue weighted by molar-refractivity contribution is 1.02. The van der Waals surface area contributed by atoms with Gasteiger partial charge in [-0.25, -0.2) is 15.0 Å².